The predicted molar refractivity (Wildman–Crippen MR) is 85.2 cm³/mol. The first-order chi connectivity index (χ1) is 11.2. The van der Waals surface area contributed by atoms with Crippen LogP contribution in [0.15, 0.2) is 49.1 Å². The molecule has 4 nitrogen and oxygen atoms in total. The number of rotatable bonds is 2. The Kier molecular flexibility index (Phi) is 2.46. The smallest absolute Gasteiger partial charge is 0.173 e. The average molecular weight is 306 g/mol. The largest absolute Gasteiger partial charge is 0.307 e. The van der Waals surface area contributed by atoms with Crippen LogP contribution in [-0.2, 0) is 0 Å². The molecule has 4 aromatic rings. The summed E-state index contributed by atoms with van der Waals surface area (Å²) in [5.74, 6) is 0.433. The van der Waals surface area contributed by atoms with Gasteiger partial charge in [0, 0.05) is 36.6 Å². The molecule has 0 aromatic carbocycles. The Morgan fingerprint density at radius 2 is 1.83 bits per heavy atom. The first-order valence-corrected chi connectivity index (χ1v) is 7.77. The normalized spacial score (nSPS) is 20.4. The number of fused-ring (bicyclic) bond motifs is 2. The first kappa shape index (κ1) is 12.8. The van der Waals surface area contributed by atoms with Crippen molar-refractivity contribution in [1.82, 2.24) is 18.8 Å². The highest BCUT2D eigenvalue weighted by molar-refractivity contribution is 5.47. The zero-order valence-electron chi connectivity index (χ0n) is 12.6. The molecule has 0 spiro atoms. The standard InChI is InChI=1S/C18H15FN4/c1-11-4-6-22-9-15(20-17(22)7-11)12-8-13(12)16-10-23-5-2-3-14(19)18(23)21-16/h2-7,9-10,12-13H,8H2,1H3. The number of hydrogen-bond acceptors (Lipinski definition) is 2. The van der Waals surface area contributed by atoms with E-state index in [-0.39, 0.29) is 5.82 Å². The average Bonchev–Trinajstić information content (AvgIpc) is 3.02. The number of pyridine rings is 2. The monoisotopic (exact) mass is 306 g/mol. The second-order valence-corrected chi connectivity index (χ2v) is 6.34. The van der Waals surface area contributed by atoms with Crippen LogP contribution >= 0.6 is 0 Å². The fourth-order valence-corrected chi connectivity index (χ4v) is 3.31. The number of halogens is 1. The zero-order valence-corrected chi connectivity index (χ0v) is 12.6. The molecule has 4 heterocycles. The van der Waals surface area contributed by atoms with E-state index in [1.54, 1.807) is 10.5 Å². The van der Waals surface area contributed by atoms with Crippen molar-refractivity contribution in [3.63, 3.8) is 0 Å². The third-order valence-corrected chi connectivity index (χ3v) is 4.64. The van der Waals surface area contributed by atoms with E-state index in [4.69, 9.17) is 4.98 Å². The van der Waals surface area contributed by atoms with Gasteiger partial charge >= 0.3 is 0 Å². The van der Waals surface area contributed by atoms with Crippen LogP contribution in [0, 0.1) is 12.7 Å². The third-order valence-electron chi connectivity index (χ3n) is 4.64. The molecule has 0 radical (unpaired) electrons. The summed E-state index contributed by atoms with van der Waals surface area (Å²) in [5.41, 5.74) is 4.63. The first-order valence-electron chi connectivity index (χ1n) is 7.77. The molecule has 0 aliphatic heterocycles. The third kappa shape index (κ3) is 1.96. The summed E-state index contributed by atoms with van der Waals surface area (Å²) < 4.78 is 17.6. The maximum Gasteiger partial charge on any atom is 0.173 e. The van der Waals surface area contributed by atoms with Crippen LogP contribution in [0.5, 0.6) is 0 Å². The van der Waals surface area contributed by atoms with E-state index in [1.807, 2.05) is 18.6 Å². The minimum Gasteiger partial charge on any atom is -0.307 e. The lowest BCUT2D eigenvalue weighted by Gasteiger charge is -1.92. The van der Waals surface area contributed by atoms with Crippen molar-refractivity contribution in [1.29, 1.82) is 0 Å². The topological polar surface area (TPSA) is 34.6 Å². The van der Waals surface area contributed by atoms with E-state index < -0.39 is 0 Å². The number of nitrogens with zero attached hydrogens (tertiary/aromatic N) is 4. The van der Waals surface area contributed by atoms with Crippen LogP contribution in [0.3, 0.4) is 0 Å². The van der Waals surface area contributed by atoms with Crippen molar-refractivity contribution in [3.05, 3.63) is 71.8 Å². The molecule has 5 rings (SSSR count). The quantitative estimate of drug-likeness (QED) is 0.566. The molecule has 1 fully saturated rings. The van der Waals surface area contributed by atoms with Gasteiger partial charge in [0.1, 0.15) is 5.65 Å². The summed E-state index contributed by atoms with van der Waals surface area (Å²) in [6.07, 6.45) is 8.92. The molecule has 0 bridgehead atoms. The van der Waals surface area contributed by atoms with Crippen molar-refractivity contribution in [2.75, 3.05) is 0 Å². The number of aromatic nitrogens is 4. The van der Waals surface area contributed by atoms with Gasteiger partial charge in [-0.15, -0.1) is 0 Å². The van der Waals surface area contributed by atoms with E-state index in [1.165, 1.54) is 11.6 Å². The molecule has 114 valence electrons. The predicted octanol–water partition coefficient (Wildman–Crippen LogP) is 3.70. The Labute approximate surface area is 132 Å². The maximum atomic E-state index is 13.8. The van der Waals surface area contributed by atoms with Gasteiger partial charge in [-0.05, 0) is 43.2 Å². The Balaban J connectivity index is 1.50. The van der Waals surface area contributed by atoms with Crippen molar-refractivity contribution in [2.24, 2.45) is 0 Å². The molecule has 2 unspecified atom stereocenters. The lowest BCUT2D eigenvalue weighted by atomic mass is 10.2. The molecule has 0 saturated heterocycles. The van der Waals surface area contributed by atoms with Crippen LogP contribution in [0.1, 0.15) is 35.2 Å². The van der Waals surface area contributed by atoms with Crippen LogP contribution in [0.25, 0.3) is 11.3 Å². The van der Waals surface area contributed by atoms with Gasteiger partial charge in [0.15, 0.2) is 11.5 Å². The highest BCUT2D eigenvalue weighted by Gasteiger charge is 2.43. The van der Waals surface area contributed by atoms with Gasteiger partial charge in [-0.3, -0.25) is 0 Å². The Hall–Kier alpha value is -2.69. The summed E-state index contributed by atoms with van der Waals surface area (Å²) in [6.45, 7) is 2.07. The fraction of sp³-hybridized carbons (Fsp3) is 0.222. The van der Waals surface area contributed by atoms with Crippen LogP contribution in [0.2, 0.25) is 0 Å². The maximum absolute atomic E-state index is 13.8. The van der Waals surface area contributed by atoms with Gasteiger partial charge in [-0.25, -0.2) is 14.4 Å². The van der Waals surface area contributed by atoms with Crippen molar-refractivity contribution >= 4 is 11.3 Å². The van der Waals surface area contributed by atoms with Gasteiger partial charge in [0.25, 0.3) is 0 Å². The molecule has 1 aliphatic rings. The van der Waals surface area contributed by atoms with Gasteiger partial charge in [-0.2, -0.15) is 0 Å². The lowest BCUT2D eigenvalue weighted by Crippen LogP contribution is -1.85. The van der Waals surface area contributed by atoms with Crippen molar-refractivity contribution < 1.29 is 4.39 Å². The van der Waals surface area contributed by atoms with Crippen molar-refractivity contribution in [2.45, 2.75) is 25.2 Å². The second kappa shape index (κ2) is 4.41. The van der Waals surface area contributed by atoms with Gasteiger partial charge in [0.2, 0.25) is 0 Å². The SMILES string of the molecule is Cc1ccn2cc(C3CC3c3cn4cccc(F)c4n3)nc2c1. The number of imidazole rings is 2. The summed E-state index contributed by atoms with van der Waals surface area (Å²) in [4.78, 5) is 9.21. The summed E-state index contributed by atoms with van der Waals surface area (Å²) in [7, 11) is 0. The molecule has 1 aliphatic carbocycles. The molecule has 1 saturated carbocycles. The molecular weight excluding hydrogens is 291 g/mol. The highest BCUT2D eigenvalue weighted by atomic mass is 19.1. The molecule has 4 aromatic heterocycles. The van der Waals surface area contributed by atoms with E-state index in [2.05, 4.69) is 34.6 Å². The molecule has 0 N–H and O–H groups in total. The van der Waals surface area contributed by atoms with Crippen molar-refractivity contribution in [3.8, 4) is 0 Å². The molecule has 5 heteroatoms. The van der Waals surface area contributed by atoms with E-state index in [9.17, 15) is 4.39 Å². The Morgan fingerprint density at radius 1 is 1.04 bits per heavy atom. The van der Waals surface area contributed by atoms with Crippen LogP contribution in [0.4, 0.5) is 4.39 Å². The van der Waals surface area contributed by atoms with Crippen LogP contribution in [-0.4, -0.2) is 18.8 Å². The minimum atomic E-state index is -0.279. The van der Waals surface area contributed by atoms with Crippen LogP contribution < -0.4 is 0 Å². The fourth-order valence-electron chi connectivity index (χ4n) is 3.31. The minimum absolute atomic E-state index is 0.279. The van der Waals surface area contributed by atoms with E-state index >= 15 is 0 Å². The highest BCUT2D eigenvalue weighted by Crippen LogP contribution is 2.53. The lowest BCUT2D eigenvalue weighted by molar-refractivity contribution is 0.630. The molecule has 0 amide bonds. The second-order valence-electron chi connectivity index (χ2n) is 6.34. The van der Waals surface area contributed by atoms with Gasteiger partial charge in [-0.1, -0.05) is 0 Å². The summed E-state index contributed by atoms with van der Waals surface area (Å²) in [6, 6.07) is 7.30. The molecule has 23 heavy (non-hydrogen) atoms. The number of hydrogen-bond donors (Lipinski definition) is 0. The van der Waals surface area contributed by atoms with E-state index in [0.717, 1.165) is 23.5 Å². The molecular formula is C18H15FN4. The summed E-state index contributed by atoms with van der Waals surface area (Å²) >= 11 is 0. The Bertz CT molecular complexity index is 1050. The van der Waals surface area contributed by atoms with E-state index in [0.29, 0.717) is 17.5 Å². The van der Waals surface area contributed by atoms with Gasteiger partial charge < -0.3 is 8.80 Å². The number of aryl methyl sites for hydroxylation is 1. The zero-order chi connectivity index (χ0) is 15.6. The van der Waals surface area contributed by atoms with Gasteiger partial charge in [0.05, 0.1) is 11.4 Å². The molecule has 2 atom stereocenters. The Morgan fingerprint density at radius 3 is 2.65 bits per heavy atom. The summed E-state index contributed by atoms with van der Waals surface area (Å²) in [5, 5.41) is 0.